The average molecular weight is 388 g/mol. The summed E-state index contributed by atoms with van der Waals surface area (Å²) in [4.78, 5) is 28.2. The molecule has 0 aliphatic heterocycles. The van der Waals surface area contributed by atoms with E-state index in [1.165, 1.54) is 12.1 Å². The minimum absolute atomic E-state index is 0.0698. The van der Waals surface area contributed by atoms with Gasteiger partial charge >= 0.3 is 12.3 Å². The zero-order chi connectivity index (χ0) is 19.3. The largest absolute Gasteiger partial charge is 0.573 e. The Balaban J connectivity index is 1.96. The van der Waals surface area contributed by atoms with Gasteiger partial charge in [0.2, 0.25) is 5.91 Å². The lowest BCUT2D eigenvalue weighted by Gasteiger charge is -2.09. The lowest BCUT2D eigenvalue weighted by atomic mass is 10.1. The summed E-state index contributed by atoms with van der Waals surface area (Å²) in [5.41, 5.74) is 0.938. The van der Waals surface area contributed by atoms with Crippen LogP contribution in [0.2, 0.25) is 0 Å². The van der Waals surface area contributed by atoms with E-state index in [-0.39, 0.29) is 23.9 Å². The number of nitrogens with one attached hydrogen (secondary N) is 1. The standard InChI is InChI=1S/C16H15F3N2O4S/c1-3-24-14(23)13-9(2)20-15(26-13)21-12(22)8-10-4-6-11(7-5-10)25-16(17,18)19/h4-7H,3,8H2,1-2H3,(H,20,21,22). The van der Waals surface area contributed by atoms with Gasteiger partial charge in [0, 0.05) is 0 Å². The Morgan fingerprint density at radius 2 is 1.88 bits per heavy atom. The van der Waals surface area contributed by atoms with E-state index in [9.17, 15) is 22.8 Å². The van der Waals surface area contributed by atoms with Crippen LogP contribution in [0, 0.1) is 6.92 Å². The predicted octanol–water partition coefficient (Wildman–Crippen LogP) is 3.71. The number of alkyl halides is 3. The van der Waals surface area contributed by atoms with Gasteiger partial charge in [-0.3, -0.25) is 4.79 Å². The van der Waals surface area contributed by atoms with Gasteiger partial charge in [0.25, 0.3) is 0 Å². The van der Waals surface area contributed by atoms with E-state index in [4.69, 9.17) is 4.74 Å². The molecule has 0 atom stereocenters. The number of benzene rings is 1. The van der Waals surface area contributed by atoms with Gasteiger partial charge in [-0.2, -0.15) is 0 Å². The molecule has 0 aliphatic carbocycles. The van der Waals surface area contributed by atoms with Crippen LogP contribution >= 0.6 is 11.3 Å². The average Bonchev–Trinajstić information content (AvgIpc) is 2.88. The highest BCUT2D eigenvalue weighted by molar-refractivity contribution is 7.17. The predicted molar refractivity (Wildman–Crippen MR) is 88.3 cm³/mol. The second kappa shape index (κ2) is 8.17. The van der Waals surface area contributed by atoms with Gasteiger partial charge < -0.3 is 14.8 Å². The summed E-state index contributed by atoms with van der Waals surface area (Å²) in [7, 11) is 0. The van der Waals surface area contributed by atoms with Gasteiger partial charge in [-0.15, -0.1) is 13.2 Å². The number of rotatable bonds is 6. The Bertz CT molecular complexity index is 788. The van der Waals surface area contributed by atoms with E-state index in [0.717, 1.165) is 23.5 Å². The van der Waals surface area contributed by atoms with Crippen LogP contribution in [0.4, 0.5) is 18.3 Å². The fourth-order valence-corrected chi connectivity index (χ4v) is 2.87. The third kappa shape index (κ3) is 5.73. The number of carbonyl (C=O) groups excluding carboxylic acids is 2. The first-order chi connectivity index (χ1) is 12.2. The Hall–Kier alpha value is -2.62. The highest BCUT2D eigenvalue weighted by Crippen LogP contribution is 2.25. The lowest BCUT2D eigenvalue weighted by molar-refractivity contribution is -0.274. The van der Waals surface area contributed by atoms with Crippen molar-refractivity contribution in [1.29, 1.82) is 0 Å². The van der Waals surface area contributed by atoms with Gasteiger partial charge in [0.15, 0.2) is 5.13 Å². The van der Waals surface area contributed by atoms with Crippen LogP contribution in [-0.4, -0.2) is 29.8 Å². The highest BCUT2D eigenvalue weighted by atomic mass is 32.1. The molecule has 1 N–H and O–H groups in total. The first-order valence-electron chi connectivity index (χ1n) is 7.47. The molecule has 1 aromatic carbocycles. The van der Waals surface area contributed by atoms with Crippen molar-refractivity contribution in [3.8, 4) is 5.75 Å². The number of hydrogen-bond acceptors (Lipinski definition) is 6. The number of aryl methyl sites for hydroxylation is 1. The summed E-state index contributed by atoms with van der Waals surface area (Å²) in [6.07, 6.45) is -4.84. The fourth-order valence-electron chi connectivity index (χ4n) is 1.99. The number of thiazole rings is 1. The molecule has 2 rings (SSSR count). The number of carbonyl (C=O) groups is 2. The Morgan fingerprint density at radius 3 is 2.46 bits per heavy atom. The molecule has 1 heterocycles. The lowest BCUT2D eigenvalue weighted by Crippen LogP contribution is -2.17. The summed E-state index contributed by atoms with van der Waals surface area (Å²) < 4.78 is 45.0. The molecule has 10 heteroatoms. The molecule has 6 nitrogen and oxygen atoms in total. The van der Waals surface area contributed by atoms with Gasteiger partial charge in [0.1, 0.15) is 10.6 Å². The van der Waals surface area contributed by atoms with E-state index >= 15 is 0 Å². The van der Waals surface area contributed by atoms with Crippen LogP contribution < -0.4 is 10.1 Å². The molecule has 1 aromatic heterocycles. The zero-order valence-corrected chi connectivity index (χ0v) is 14.7. The molecule has 0 saturated carbocycles. The highest BCUT2D eigenvalue weighted by Gasteiger charge is 2.31. The quantitative estimate of drug-likeness (QED) is 0.764. The maximum atomic E-state index is 12.1. The van der Waals surface area contributed by atoms with Crippen molar-refractivity contribution in [3.63, 3.8) is 0 Å². The number of aromatic nitrogens is 1. The number of esters is 1. The van der Waals surface area contributed by atoms with Crippen LogP contribution in [0.1, 0.15) is 27.9 Å². The Morgan fingerprint density at radius 1 is 1.23 bits per heavy atom. The molecule has 0 bridgehead atoms. The van der Waals surface area contributed by atoms with Crippen molar-refractivity contribution < 1.29 is 32.2 Å². The minimum atomic E-state index is -4.77. The van der Waals surface area contributed by atoms with Crippen LogP contribution in [0.25, 0.3) is 0 Å². The van der Waals surface area contributed by atoms with Crippen molar-refractivity contribution in [2.24, 2.45) is 0 Å². The molecular weight excluding hydrogens is 373 g/mol. The summed E-state index contributed by atoms with van der Waals surface area (Å²) in [6.45, 7) is 3.53. The molecule has 0 aliphatic rings. The Labute approximate surface area is 150 Å². The van der Waals surface area contributed by atoms with Crippen molar-refractivity contribution in [2.75, 3.05) is 11.9 Å². The van der Waals surface area contributed by atoms with Crippen molar-refractivity contribution in [2.45, 2.75) is 26.6 Å². The molecule has 2 aromatic rings. The van der Waals surface area contributed by atoms with Gasteiger partial charge in [0.05, 0.1) is 18.7 Å². The number of amides is 1. The Kier molecular flexibility index (Phi) is 6.19. The molecular formula is C16H15F3N2O4S. The first kappa shape index (κ1) is 19.7. The molecule has 0 fully saturated rings. The topological polar surface area (TPSA) is 77.5 Å². The maximum absolute atomic E-state index is 12.1. The third-order valence-corrected chi connectivity index (χ3v) is 4.08. The van der Waals surface area contributed by atoms with Crippen molar-refractivity contribution in [1.82, 2.24) is 4.98 Å². The molecule has 0 spiro atoms. The smallest absolute Gasteiger partial charge is 0.462 e. The van der Waals surface area contributed by atoms with E-state index < -0.39 is 18.2 Å². The summed E-state index contributed by atoms with van der Waals surface area (Å²) in [5.74, 6) is -1.29. The molecule has 0 radical (unpaired) electrons. The second-order valence-corrected chi connectivity index (χ2v) is 6.07. The van der Waals surface area contributed by atoms with Crippen LogP contribution in [0.15, 0.2) is 24.3 Å². The van der Waals surface area contributed by atoms with Crippen LogP contribution in [-0.2, 0) is 16.0 Å². The molecule has 26 heavy (non-hydrogen) atoms. The number of nitrogens with zero attached hydrogens (tertiary/aromatic N) is 1. The molecule has 0 unspecified atom stereocenters. The van der Waals surface area contributed by atoms with Crippen molar-refractivity contribution in [3.05, 3.63) is 40.4 Å². The summed E-state index contributed by atoms with van der Waals surface area (Å²) in [6, 6.07) is 4.97. The van der Waals surface area contributed by atoms with Crippen LogP contribution in [0.3, 0.4) is 0 Å². The molecule has 0 saturated heterocycles. The second-order valence-electron chi connectivity index (χ2n) is 5.07. The summed E-state index contributed by atoms with van der Waals surface area (Å²) in [5, 5.41) is 2.79. The number of ether oxygens (including phenoxy) is 2. The van der Waals surface area contributed by atoms with Gasteiger partial charge in [-0.25, -0.2) is 9.78 Å². The minimum Gasteiger partial charge on any atom is -0.462 e. The molecule has 1 amide bonds. The fraction of sp³-hybridized carbons (Fsp3) is 0.312. The van der Waals surface area contributed by atoms with Gasteiger partial charge in [-0.05, 0) is 31.5 Å². The maximum Gasteiger partial charge on any atom is 0.573 e. The van der Waals surface area contributed by atoms with Crippen LogP contribution in [0.5, 0.6) is 5.75 Å². The van der Waals surface area contributed by atoms with E-state index in [2.05, 4.69) is 15.0 Å². The zero-order valence-electron chi connectivity index (χ0n) is 13.8. The van der Waals surface area contributed by atoms with Gasteiger partial charge in [-0.1, -0.05) is 23.5 Å². The third-order valence-electron chi connectivity index (χ3n) is 3.03. The number of hydrogen-bond donors (Lipinski definition) is 1. The normalized spacial score (nSPS) is 11.1. The number of halogens is 3. The van der Waals surface area contributed by atoms with E-state index in [0.29, 0.717) is 16.1 Å². The van der Waals surface area contributed by atoms with E-state index in [1.54, 1.807) is 13.8 Å². The summed E-state index contributed by atoms with van der Waals surface area (Å²) >= 11 is 0.993. The number of anilines is 1. The monoisotopic (exact) mass is 388 g/mol. The van der Waals surface area contributed by atoms with Crippen molar-refractivity contribution >= 4 is 28.3 Å². The van der Waals surface area contributed by atoms with E-state index in [1.807, 2.05) is 0 Å². The first-order valence-corrected chi connectivity index (χ1v) is 8.28. The SMILES string of the molecule is CCOC(=O)c1sc(NC(=O)Cc2ccc(OC(F)(F)F)cc2)nc1C. The molecule has 140 valence electrons.